The number of ether oxygens (including phenoxy) is 1. The van der Waals surface area contributed by atoms with Crippen LogP contribution >= 0.6 is 0 Å². The molecule has 2 heterocycles. The van der Waals surface area contributed by atoms with Gasteiger partial charge in [0, 0.05) is 36.7 Å². The summed E-state index contributed by atoms with van der Waals surface area (Å²) < 4.78 is 5.43. The van der Waals surface area contributed by atoms with Crippen LogP contribution in [0.5, 0.6) is 0 Å². The van der Waals surface area contributed by atoms with Crippen molar-refractivity contribution in [2.24, 2.45) is 0 Å². The van der Waals surface area contributed by atoms with Crippen molar-refractivity contribution in [3.8, 4) is 0 Å². The molecule has 1 saturated carbocycles. The van der Waals surface area contributed by atoms with Crippen LogP contribution in [0.1, 0.15) is 55.1 Å². The van der Waals surface area contributed by atoms with E-state index < -0.39 is 0 Å². The van der Waals surface area contributed by atoms with Gasteiger partial charge in [0.25, 0.3) is 0 Å². The first-order chi connectivity index (χ1) is 8.88. The zero-order valence-electron chi connectivity index (χ0n) is 11.0. The smallest absolute Gasteiger partial charge is 0.134 e. The van der Waals surface area contributed by atoms with Crippen molar-refractivity contribution in [3.05, 3.63) is 23.3 Å². The second kappa shape index (κ2) is 5.33. The molecule has 1 atom stereocenters. The second-order valence-electron chi connectivity index (χ2n) is 5.25. The highest BCUT2D eigenvalue weighted by molar-refractivity contribution is 5.26. The molecule has 4 heteroatoms. The average Bonchev–Trinajstić information content (AvgIpc) is 3.11. The van der Waals surface area contributed by atoms with Gasteiger partial charge in [-0.2, -0.15) is 0 Å². The Bertz CT molecular complexity index is 412. The van der Waals surface area contributed by atoms with E-state index in [0.29, 0.717) is 11.8 Å². The van der Waals surface area contributed by atoms with Crippen LogP contribution in [-0.2, 0) is 11.3 Å². The molecule has 1 aliphatic carbocycles. The standard InChI is InChI=1S/C14H21N3O/c1-2-15-7-12-8-16-14(11-5-6-18-9-11)17-13(12)10-3-4-10/h8,10-11,15H,2-7,9H2,1H3. The lowest BCUT2D eigenvalue weighted by Gasteiger charge is -2.12. The van der Waals surface area contributed by atoms with E-state index in [-0.39, 0.29) is 0 Å². The molecule has 0 aromatic carbocycles. The zero-order valence-corrected chi connectivity index (χ0v) is 11.0. The summed E-state index contributed by atoms with van der Waals surface area (Å²) in [5, 5.41) is 3.37. The Morgan fingerprint density at radius 2 is 2.22 bits per heavy atom. The van der Waals surface area contributed by atoms with E-state index in [1.54, 1.807) is 0 Å². The van der Waals surface area contributed by atoms with E-state index in [4.69, 9.17) is 9.72 Å². The Morgan fingerprint density at radius 3 is 2.89 bits per heavy atom. The quantitative estimate of drug-likeness (QED) is 0.864. The number of nitrogens with zero attached hydrogens (tertiary/aromatic N) is 2. The monoisotopic (exact) mass is 247 g/mol. The van der Waals surface area contributed by atoms with E-state index in [1.807, 2.05) is 6.20 Å². The van der Waals surface area contributed by atoms with Crippen LogP contribution in [0.3, 0.4) is 0 Å². The van der Waals surface area contributed by atoms with Crippen LogP contribution in [0.25, 0.3) is 0 Å². The van der Waals surface area contributed by atoms with Gasteiger partial charge in [-0.15, -0.1) is 0 Å². The van der Waals surface area contributed by atoms with Gasteiger partial charge in [-0.05, 0) is 25.8 Å². The summed E-state index contributed by atoms with van der Waals surface area (Å²) in [4.78, 5) is 9.39. The summed E-state index contributed by atoms with van der Waals surface area (Å²) in [7, 11) is 0. The number of nitrogens with one attached hydrogen (secondary N) is 1. The highest BCUT2D eigenvalue weighted by Crippen LogP contribution is 2.41. The lowest BCUT2D eigenvalue weighted by atomic mass is 10.1. The molecule has 18 heavy (non-hydrogen) atoms. The Morgan fingerprint density at radius 1 is 1.33 bits per heavy atom. The number of rotatable bonds is 5. The maximum absolute atomic E-state index is 5.43. The molecule has 1 aromatic rings. The first-order valence-electron chi connectivity index (χ1n) is 7.02. The minimum atomic E-state index is 0.413. The predicted octanol–water partition coefficient (Wildman–Crippen LogP) is 1.97. The first-order valence-corrected chi connectivity index (χ1v) is 7.02. The average molecular weight is 247 g/mol. The summed E-state index contributed by atoms with van der Waals surface area (Å²) in [6.45, 7) is 5.65. The third-order valence-electron chi connectivity index (χ3n) is 3.74. The lowest BCUT2D eigenvalue weighted by Crippen LogP contribution is -2.16. The van der Waals surface area contributed by atoms with E-state index in [1.165, 1.54) is 24.1 Å². The number of aromatic nitrogens is 2. The molecule has 0 spiro atoms. The lowest BCUT2D eigenvalue weighted by molar-refractivity contribution is 0.193. The highest BCUT2D eigenvalue weighted by atomic mass is 16.5. The largest absolute Gasteiger partial charge is 0.381 e. The van der Waals surface area contributed by atoms with Crippen molar-refractivity contribution in [2.45, 2.75) is 44.6 Å². The molecule has 1 aliphatic heterocycles. The molecular formula is C14H21N3O. The maximum atomic E-state index is 5.43. The zero-order chi connectivity index (χ0) is 12.4. The van der Waals surface area contributed by atoms with Crippen LogP contribution < -0.4 is 5.32 Å². The highest BCUT2D eigenvalue weighted by Gasteiger charge is 2.29. The van der Waals surface area contributed by atoms with Crippen molar-refractivity contribution in [1.82, 2.24) is 15.3 Å². The van der Waals surface area contributed by atoms with Gasteiger partial charge in [0.15, 0.2) is 0 Å². The van der Waals surface area contributed by atoms with Gasteiger partial charge in [0.1, 0.15) is 5.82 Å². The van der Waals surface area contributed by atoms with Gasteiger partial charge in [-0.3, -0.25) is 0 Å². The minimum absolute atomic E-state index is 0.413. The Labute approximate surface area is 108 Å². The van der Waals surface area contributed by atoms with Crippen LogP contribution in [0, 0.1) is 0 Å². The van der Waals surface area contributed by atoms with Crippen molar-refractivity contribution < 1.29 is 4.74 Å². The van der Waals surface area contributed by atoms with Gasteiger partial charge >= 0.3 is 0 Å². The van der Waals surface area contributed by atoms with Crippen LogP contribution in [-0.4, -0.2) is 29.7 Å². The molecule has 0 bridgehead atoms. The summed E-state index contributed by atoms with van der Waals surface area (Å²) in [5.74, 6) is 2.09. The van der Waals surface area contributed by atoms with Gasteiger partial charge in [-0.25, -0.2) is 9.97 Å². The predicted molar refractivity (Wildman–Crippen MR) is 69.6 cm³/mol. The fraction of sp³-hybridized carbons (Fsp3) is 0.714. The molecule has 3 rings (SSSR count). The third kappa shape index (κ3) is 2.54. The normalized spacial score (nSPS) is 23.5. The van der Waals surface area contributed by atoms with E-state index in [9.17, 15) is 0 Å². The maximum Gasteiger partial charge on any atom is 0.134 e. The van der Waals surface area contributed by atoms with Gasteiger partial charge in [0.2, 0.25) is 0 Å². The molecule has 1 aromatic heterocycles. The third-order valence-corrected chi connectivity index (χ3v) is 3.74. The Hall–Kier alpha value is -1.00. The van der Waals surface area contributed by atoms with E-state index in [0.717, 1.165) is 38.5 Å². The number of hydrogen-bond donors (Lipinski definition) is 1. The minimum Gasteiger partial charge on any atom is -0.381 e. The second-order valence-corrected chi connectivity index (χ2v) is 5.25. The van der Waals surface area contributed by atoms with Crippen molar-refractivity contribution >= 4 is 0 Å². The molecule has 1 unspecified atom stereocenters. The summed E-state index contributed by atoms with van der Waals surface area (Å²) in [5.41, 5.74) is 2.56. The summed E-state index contributed by atoms with van der Waals surface area (Å²) >= 11 is 0. The van der Waals surface area contributed by atoms with Crippen LogP contribution in [0.4, 0.5) is 0 Å². The fourth-order valence-corrected chi connectivity index (χ4v) is 2.48. The molecule has 4 nitrogen and oxygen atoms in total. The van der Waals surface area contributed by atoms with E-state index in [2.05, 4.69) is 17.2 Å². The first kappa shape index (κ1) is 12.1. The van der Waals surface area contributed by atoms with Crippen molar-refractivity contribution in [2.75, 3.05) is 19.8 Å². The van der Waals surface area contributed by atoms with Crippen molar-refractivity contribution in [3.63, 3.8) is 0 Å². The molecule has 2 fully saturated rings. The fourth-order valence-electron chi connectivity index (χ4n) is 2.48. The molecule has 98 valence electrons. The Balaban J connectivity index is 1.82. The molecule has 0 radical (unpaired) electrons. The molecule has 0 amide bonds. The van der Waals surface area contributed by atoms with E-state index >= 15 is 0 Å². The molecule has 1 saturated heterocycles. The number of hydrogen-bond acceptors (Lipinski definition) is 4. The topological polar surface area (TPSA) is 47.0 Å². The SMILES string of the molecule is CCNCc1cnc(C2CCOC2)nc1C1CC1. The van der Waals surface area contributed by atoms with Gasteiger partial charge < -0.3 is 10.1 Å². The Kier molecular flexibility index (Phi) is 3.57. The molecular weight excluding hydrogens is 226 g/mol. The summed E-state index contributed by atoms with van der Waals surface area (Å²) in [6, 6.07) is 0. The molecule has 1 N–H and O–H groups in total. The van der Waals surface area contributed by atoms with Crippen molar-refractivity contribution in [1.29, 1.82) is 0 Å². The van der Waals surface area contributed by atoms with Crippen LogP contribution in [0.15, 0.2) is 6.20 Å². The molecule has 2 aliphatic rings. The van der Waals surface area contributed by atoms with Gasteiger partial charge in [0.05, 0.1) is 12.3 Å². The van der Waals surface area contributed by atoms with Gasteiger partial charge in [-0.1, -0.05) is 6.92 Å². The van der Waals surface area contributed by atoms with Crippen LogP contribution in [0.2, 0.25) is 0 Å². The summed E-state index contributed by atoms with van der Waals surface area (Å²) in [6.07, 6.45) is 5.67.